The zero-order chi connectivity index (χ0) is 12.3. The molecule has 5 heteroatoms. The van der Waals surface area contributed by atoms with Crippen molar-refractivity contribution in [1.82, 2.24) is 9.88 Å². The predicted molar refractivity (Wildman–Crippen MR) is 65.2 cm³/mol. The fraction of sp³-hybridized carbons (Fsp3) is 0.500. The zero-order valence-electron chi connectivity index (χ0n) is 9.73. The average molecular weight is 255 g/mol. The van der Waals surface area contributed by atoms with Crippen molar-refractivity contribution in [3.05, 3.63) is 29.0 Å². The second-order valence-corrected chi connectivity index (χ2v) is 4.34. The normalized spacial score (nSPS) is 20.4. The summed E-state index contributed by atoms with van der Waals surface area (Å²) >= 11 is 5.94. The van der Waals surface area contributed by atoms with Crippen molar-refractivity contribution >= 4 is 17.5 Å². The molecule has 4 nitrogen and oxygen atoms in total. The molecule has 1 amide bonds. The Balaban J connectivity index is 2.21. The van der Waals surface area contributed by atoms with Gasteiger partial charge in [0.2, 0.25) is 0 Å². The maximum atomic E-state index is 12.3. The van der Waals surface area contributed by atoms with Crippen LogP contribution in [0.1, 0.15) is 23.7 Å². The predicted octanol–water partition coefficient (Wildman–Crippen LogP) is 1.99. The Bertz CT molecular complexity index is 411. The van der Waals surface area contributed by atoms with Gasteiger partial charge in [0.1, 0.15) is 5.15 Å². The Morgan fingerprint density at radius 1 is 1.71 bits per heavy atom. The minimum absolute atomic E-state index is 0.0572. The first kappa shape index (κ1) is 12.3. The highest BCUT2D eigenvalue weighted by Gasteiger charge is 2.27. The Morgan fingerprint density at radius 3 is 3.24 bits per heavy atom. The Labute approximate surface area is 106 Å². The topological polar surface area (TPSA) is 42.4 Å². The molecule has 0 aliphatic carbocycles. The van der Waals surface area contributed by atoms with Crippen LogP contribution in [0.5, 0.6) is 0 Å². The van der Waals surface area contributed by atoms with E-state index < -0.39 is 0 Å². The summed E-state index contributed by atoms with van der Waals surface area (Å²) in [6, 6.07) is 3.56. The van der Waals surface area contributed by atoms with E-state index in [0.29, 0.717) is 25.3 Å². The third-order valence-electron chi connectivity index (χ3n) is 2.95. The molecule has 1 aromatic heterocycles. The highest BCUT2D eigenvalue weighted by atomic mass is 35.5. The van der Waals surface area contributed by atoms with Gasteiger partial charge in [-0.2, -0.15) is 0 Å². The van der Waals surface area contributed by atoms with Crippen LogP contribution in [-0.4, -0.2) is 41.6 Å². The summed E-state index contributed by atoms with van der Waals surface area (Å²) in [7, 11) is 0. The lowest BCUT2D eigenvalue weighted by Gasteiger charge is -2.35. The number of carbonyl (C=O) groups excluding carboxylic acids is 1. The molecule has 0 aromatic carbocycles. The number of ether oxygens (including phenoxy) is 1. The quantitative estimate of drug-likeness (QED) is 0.758. The van der Waals surface area contributed by atoms with Gasteiger partial charge in [-0.05, 0) is 18.6 Å². The maximum Gasteiger partial charge on any atom is 0.257 e. The lowest BCUT2D eigenvalue weighted by Crippen LogP contribution is -2.48. The largest absolute Gasteiger partial charge is 0.377 e. The van der Waals surface area contributed by atoms with Crippen LogP contribution in [0, 0.1) is 0 Å². The molecule has 1 unspecified atom stereocenters. The van der Waals surface area contributed by atoms with E-state index in [1.165, 1.54) is 0 Å². The number of carbonyl (C=O) groups is 1. The standard InChI is InChI=1S/C12H15ClN2O2/c1-2-9-8-17-7-6-15(9)12(16)10-4-3-5-14-11(10)13/h3-5,9H,2,6-8H2,1H3. The lowest BCUT2D eigenvalue weighted by atomic mass is 10.1. The van der Waals surface area contributed by atoms with Crippen LogP contribution in [-0.2, 0) is 4.74 Å². The van der Waals surface area contributed by atoms with Gasteiger partial charge in [-0.25, -0.2) is 4.98 Å². The van der Waals surface area contributed by atoms with Crippen LogP contribution in [0.4, 0.5) is 0 Å². The summed E-state index contributed by atoms with van der Waals surface area (Å²) in [6.45, 7) is 3.84. The number of hydrogen-bond acceptors (Lipinski definition) is 3. The van der Waals surface area contributed by atoms with Crippen molar-refractivity contribution in [2.24, 2.45) is 0 Å². The average Bonchev–Trinajstić information content (AvgIpc) is 2.38. The van der Waals surface area contributed by atoms with E-state index in [-0.39, 0.29) is 17.1 Å². The molecule has 0 spiro atoms. The first-order valence-electron chi connectivity index (χ1n) is 5.73. The molecule has 1 fully saturated rings. The van der Waals surface area contributed by atoms with E-state index in [1.807, 2.05) is 11.8 Å². The van der Waals surface area contributed by atoms with Gasteiger partial charge in [-0.15, -0.1) is 0 Å². The maximum absolute atomic E-state index is 12.3. The molecular weight excluding hydrogens is 240 g/mol. The first-order valence-corrected chi connectivity index (χ1v) is 6.11. The van der Waals surface area contributed by atoms with E-state index in [2.05, 4.69) is 4.98 Å². The minimum atomic E-state index is -0.0572. The van der Waals surface area contributed by atoms with E-state index >= 15 is 0 Å². The van der Waals surface area contributed by atoms with Gasteiger partial charge in [0.15, 0.2) is 0 Å². The summed E-state index contributed by atoms with van der Waals surface area (Å²) in [5.74, 6) is -0.0572. The second-order valence-electron chi connectivity index (χ2n) is 3.98. The molecule has 92 valence electrons. The molecule has 2 heterocycles. The summed E-state index contributed by atoms with van der Waals surface area (Å²) in [4.78, 5) is 18.1. The van der Waals surface area contributed by atoms with E-state index in [9.17, 15) is 4.79 Å². The van der Waals surface area contributed by atoms with E-state index in [1.54, 1.807) is 18.3 Å². The minimum Gasteiger partial charge on any atom is -0.377 e. The van der Waals surface area contributed by atoms with Crippen molar-refractivity contribution in [1.29, 1.82) is 0 Å². The molecule has 2 rings (SSSR count). The van der Waals surface area contributed by atoms with Gasteiger partial charge < -0.3 is 9.64 Å². The zero-order valence-corrected chi connectivity index (χ0v) is 10.5. The molecule has 0 N–H and O–H groups in total. The van der Waals surface area contributed by atoms with Crippen LogP contribution in [0.3, 0.4) is 0 Å². The lowest BCUT2D eigenvalue weighted by molar-refractivity contribution is -0.00281. The van der Waals surface area contributed by atoms with Gasteiger partial charge in [0, 0.05) is 12.7 Å². The third-order valence-corrected chi connectivity index (χ3v) is 3.25. The van der Waals surface area contributed by atoms with Crippen molar-refractivity contribution in [2.75, 3.05) is 19.8 Å². The van der Waals surface area contributed by atoms with Crippen LogP contribution < -0.4 is 0 Å². The van der Waals surface area contributed by atoms with Gasteiger partial charge in [0.05, 0.1) is 24.8 Å². The summed E-state index contributed by atoms with van der Waals surface area (Å²) in [5, 5.41) is 0.263. The summed E-state index contributed by atoms with van der Waals surface area (Å²) in [5.41, 5.74) is 0.467. The summed E-state index contributed by atoms with van der Waals surface area (Å²) < 4.78 is 5.38. The number of hydrogen-bond donors (Lipinski definition) is 0. The first-order chi connectivity index (χ1) is 8.24. The number of aromatic nitrogens is 1. The van der Waals surface area contributed by atoms with Gasteiger partial charge in [-0.3, -0.25) is 4.79 Å². The molecule has 1 aromatic rings. The van der Waals surface area contributed by atoms with Crippen molar-refractivity contribution in [3.63, 3.8) is 0 Å². The fourth-order valence-electron chi connectivity index (χ4n) is 1.96. The molecule has 17 heavy (non-hydrogen) atoms. The fourth-order valence-corrected chi connectivity index (χ4v) is 2.16. The molecule has 0 radical (unpaired) electrons. The molecule has 1 atom stereocenters. The Kier molecular flexibility index (Phi) is 3.97. The van der Waals surface area contributed by atoms with Gasteiger partial charge >= 0.3 is 0 Å². The second kappa shape index (κ2) is 5.47. The Hall–Kier alpha value is -1.13. The monoisotopic (exact) mass is 254 g/mol. The summed E-state index contributed by atoms with van der Waals surface area (Å²) in [6.07, 6.45) is 2.46. The number of nitrogens with zero attached hydrogens (tertiary/aromatic N) is 2. The molecular formula is C12H15ClN2O2. The SMILES string of the molecule is CCC1COCCN1C(=O)c1cccnc1Cl. The van der Waals surface area contributed by atoms with Gasteiger partial charge in [0.25, 0.3) is 5.91 Å². The number of amides is 1. The van der Waals surface area contributed by atoms with Crippen molar-refractivity contribution in [3.8, 4) is 0 Å². The highest BCUT2D eigenvalue weighted by Crippen LogP contribution is 2.18. The molecule has 1 aliphatic heterocycles. The van der Waals surface area contributed by atoms with E-state index in [0.717, 1.165) is 6.42 Å². The molecule has 0 bridgehead atoms. The number of rotatable bonds is 2. The van der Waals surface area contributed by atoms with Crippen LogP contribution >= 0.6 is 11.6 Å². The van der Waals surface area contributed by atoms with Crippen LogP contribution in [0.2, 0.25) is 5.15 Å². The van der Waals surface area contributed by atoms with Crippen molar-refractivity contribution < 1.29 is 9.53 Å². The number of halogens is 1. The molecule has 1 aliphatic rings. The Morgan fingerprint density at radius 2 is 2.53 bits per heavy atom. The number of pyridine rings is 1. The van der Waals surface area contributed by atoms with Crippen LogP contribution in [0.15, 0.2) is 18.3 Å². The highest BCUT2D eigenvalue weighted by molar-refractivity contribution is 6.32. The van der Waals surface area contributed by atoms with Crippen LogP contribution in [0.25, 0.3) is 0 Å². The van der Waals surface area contributed by atoms with E-state index in [4.69, 9.17) is 16.3 Å². The smallest absolute Gasteiger partial charge is 0.257 e. The third kappa shape index (κ3) is 2.58. The van der Waals surface area contributed by atoms with Gasteiger partial charge in [-0.1, -0.05) is 18.5 Å². The number of morpholine rings is 1. The molecule has 1 saturated heterocycles. The molecule has 0 saturated carbocycles. The van der Waals surface area contributed by atoms with Crippen molar-refractivity contribution in [2.45, 2.75) is 19.4 Å².